The number of carbonyl (C=O) groups is 3. The Bertz CT molecular complexity index is 1400. The summed E-state index contributed by atoms with van der Waals surface area (Å²) in [5.74, 6) is -1.89. The Morgan fingerprint density at radius 2 is 1.62 bits per heavy atom. The summed E-state index contributed by atoms with van der Waals surface area (Å²) in [6.45, 7) is 1.74. The molecule has 8 nitrogen and oxygen atoms in total. The first-order chi connectivity index (χ1) is 16.1. The Morgan fingerprint density at radius 1 is 0.912 bits per heavy atom. The molecular formula is C24H20FN3O5S. The van der Waals surface area contributed by atoms with Crippen molar-refractivity contribution in [2.45, 2.75) is 18.2 Å². The fourth-order valence-corrected chi connectivity index (χ4v) is 4.58. The van der Waals surface area contributed by atoms with Crippen LogP contribution in [0.1, 0.15) is 32.7 Å². The van der Waals surface area contributed by atoms with Crippen molar-refractivity contribution in [2.24, 2.45) is 0 Å². The molecule has 1 aliphatic heterocycles. The number of imide groups is 1. The highest BCUT2D eigenvalue weighted by Gasteiger charge is 2.35. The van der Waals surface area contributed by atoms with Gasteiger partial charge in [0.15, 0.2) is 0 Å². The van der Waals surface area contributed by atoms with Crippen LogP contribution in [0.5, 0.6) is 0 Å². The second kappa shape index (κ2) is 9.06. The number of hydrogen-bond donors (Lipinski definition) is 2. The van der Waals surface area contributed by atoms with Gasteiger partial charge in [-0.3, -0.25) is 24.0 Å². The first kappa shape index (κ1) is 23.1. The van der Waals surface area contributed by atoms with Gasteiger partial charge in [-0.1, -0.05) is 17.7 Å². The van der Waals surface area contributed by atoms with Gasteiger partial charge in [0.1, 0.15) is 5.82 Å². The van der Waals surface area contributed by atoms with Crippen molar-refractivity contribution in [1.82, 2.24) is 4.90 Å². The summed E-state index contributed by atoms with van der Waals surface area (Å²) in [4.78, 5) is 38.3. The van der Waals surface area contributed by atoms with Gasteiger partial charge in [0.2, 0.25) is 5.91 Å². The summed E-state index contributed by atoms with van der Waals surface area (Å²) in [5.41, 5.74) is 1.93. The van der Waals surface area contributed by atoms with E-state index in [-0.39, 0.29) is 23.5 Å². The number of amides is 3. The fraction of sp³-hybridized carbons (Fsp3) is 0.125. The molecule has 0 aromatic heterocycles. The van der Waals surface area contributed by atoms with Crippen molar-refractivity contribution >= 4 is 39.1 Å². The lowest BCUT2D eigenvalue weighted by atomic mass is 10.1. The molecular weight excluding hydrogens is 461 g/mol. The topological polar surface area (TPSA) is 113 Å². The van der Waals surface area contributed by atoms with Gasteiger partial charge in [0, 0.05) is 18.7 Å². The highest BCUT2D eigenvalue weighted by Crippen LogP contribution is 2.24. The van der Waals surface area contributed by atoms with Crippen LogP contribution in [0.3, 0.4) is 0 Å². The van der Waals surface area contributed by atoms with Crippen molar-refractivity contribution in [1.29, 1.82) is 0 Å². The summed E-state index contributed by atoms with van der Waals surface area (Å²) < 4.78 is 40.5. The zero-order valence-corrected chi connectivity index (χ0v) is 18.9. The van der Waals surface area contributed by atoms with Crippen LogP contribution < -0.4 is 10.0 Å². The van der Waals surface area contributed by atoms with Crippen LogP contribution in [0.2, 0.25) is 0 Å². The predicted molar refractivity (Wildman–Crippen MR) is 123 cm³/mol. The number of aryl methyl sites for hydroxylation is 1. The Hall–Kier alpha value is -4.05. The molecule has 4 rings (SSSR count). The summed E-state index contributed by atoms with van der Waals surface area (Å²) in [7, 11) is -3.95. The van der Waals surface area contributed by atoms with Gasteiger partial charge in [-0.25, -0.2) is 12.8 Å². The van der Waals surface area contributed by atoms with E-state index in [1.165, 1.54) is 42.5 Å². The van der Waals surface area contributed by atoms with E-state index in [1.807, 2.05) is 6.92 Å². The number of nitrogens with zero attached hydrogens (tertiary/aromatic N) is 1. The van der Waals surface area contributed by atoms with Gasteiger partial charge in [-0.05, 0) is 61.5 Å². The largest absolute Gasteiger partial charge is 0.326 e. The number of halogens is 1. The van der Waals surface area contributed by atoms with Gasteiger partial charge in [0.25, 0.3) is 21.8 Å². The first-order valence-corrected chi connectivity index (χ1v) is 11.8. The third-order valence-electron chi connectivity index (χ3n) is 5.21. The summed E-state index contributed by atoms with van der Waals surface area (Å²) >= 11 is 0. The number of benzene rings is 3. The van der Waals surface area contributed by atoms with Crippen LogP contribution in [-0.2, 0) is 14.8 Å². The molecule has 0 saturated heterocycles. The van der Waals surface area contributed by atoms with Crippen LogP contribution in [0, 0.1) is 12.7 Å². The smallest absolute Gasteiger partial charge is 0.261 e. The lowest BCUT2D eigenvalue weighted by Crippen LogP contribution is -2.32. The summed E-state index contributed by atoms with van der Waals surface area (Å²) in [5, 5.41) is 2.61. The molecule has 174 valence electrons. The Morgan fingerprint density at radius 3 is 2.32 bits per heavy atom. The van der Waals surface area contributed by atoms with Crippen molar-refractivity contribution in [3.8, 4) is 0 Å². The molecule has 1 aliphatic rings. The standard InChI is InChI=1S/C24H20FN3O5S/c1-15-5-10-20-21(13-15)24(31)28(23(20)30)12-11-22(29)26-17-6-8-19(9-7-17)34(32,33)27-18-4-2-3-16(25)14-18/h2-10,13-14,27H,11-12H2,1H3,(H,26,29). The van der Waals surface area contributed by atoms with E-state index >= 15 is 0 Å². The third kappa shape index (κ3) is 4.81. The summed E-state index contributed by atoms with van der Waals surface area (Å²) in [6.07, 6.45) is -0.119. The SMILES string of the molecule is Cc1ccc2c(c1)C(=O)N(CCC(=O)Nc1ccc(S(=O)(=O)Nc3cccc(F)c3)cc1)C2=O. The van der Waals surface area contributed by atoms with Gasteiger partial charge in [-0.2, -0.15) is 0 Å². The predicted octanol–water partition coefficient (Wildman–Crippen LogP) is 3.56. The Balaban J connectivity index is 1.35. The van der Waals surface area contributed by atoms with Crippen LogP contribution in [0.4, 0.5) is 15.8 Å². The molecule has 2 N–H and O–H groups in total. The first-order valence-electron chi connectivity index (χ1n) is 10.3. The lowest BCUT2D eigenvalue weighted by molar-refractivity contribution is -0.116. The Labute approximate surface area is 195 Å². The number of hydrogen-bond acceptors (Lipinski definition) is 5. The molecule has 0 fully saturated rings. The highest BCUT2D eigenvalue weighted by molar-refractivity contribution is 7.92. The molecule has 0 radical (unpaired) electrons. The molecule has 0 unspecified atom stereocenters. The number of fused-ring (bicyclic) bond motifs is 1. The maximum Gasteiger partial charge on any atom is 0.261 e. The molecule has 0 atom stereocenters. The minimum absolute atomic E-state index is 0.0731. The molecule has 0 bridgehead atoms. The highest BCUT2D eigenvalue weighted by atomic mass is 32.2. The molecule has 10 heteroatoms. The van der Waals surface area contributed by atoms with Crippen LogP contribution in [0.15, 0.2) is 71.6 Å². The van der Waals surface area contributed by atoms with Crippen molar-refractivity contribution in [3.63, 3.8) is 0 Å². The van der Waals surface area contributed by atoms with E-state index in [0.717, 1.165) is 16.5 Å². The fourth-order valence-electron chi connectivity index (χ4n) is 3.53. The zero-order chi connectivity index (χ0) is 24.5. The average Bonchev–Trinajstić information content (AvgIpc) is 3.01. The van der Waals surface area contributed by atoms with Gasteiger partial charge in [-0.15, -0.1) is 0 Å². The molecule has 0 spiro atoms. The number of sulfonamides is 1. The van der Waals surface area contributed by atoms with Crippen LogP contribution >= 0.6 is 0 Å². The lowest BCUT2D eigenvalue weighted by Gasteiger charge is -2.14. The van der Waals surface area contributed by atoms with E-state index in [9.17, 15) is 27.2 Å². The monoisotopic (exact) mass is 481 g/mol. The van der Waals surface area contributed by atoms with Gasteiger partial charge >= 0.3 is 0 Å². The maximum absolute atomic E-state index is 13.3. The normalized spacial score (nSPS) is 13.1. The second-order valence-corrected chi connectivity index (χ2v) is 9.43. The molecule has 1 heterocycles. The van der Waals surface area contributed by atoms with E-state index in [0.29, 0.717) is 16.8 Å². The molecule has 34 heavy (non-hydrogen) atoms. The zero-order valence-electron chi connectivity index (χ0n) is 18.0. The van der Waals surface area contributed by atoms with Crippen molar-refractivity contribution < 1.29 is 27.2 Å². The van der Waals surface area contributed by atoms with E-state index in [4.69, 9.17) is 0 Å². The quantitative estimate of drug-likeness (QED) is 0.501. The minimum Gasteiger partial charge on any atom is -0.326 e. The van der Waals surface area contributed by atoms with E-state index < -0.39 is 33.6 Å². The second-order valence-electron chi connectivity index (χ2n) is 7.75. The maximum atomic E-state index is 13.3. The average molecular weight is 482 g/mol. The van der Waals surface area contributed by atoms with Gasteiger partial charge in [0.05, 0.1) is 21.7 Å². The van der Waals surface area contributed by atoms with E-state index in [1.54, 1.807) is 18.2 Å². The molecule has 0 aliphatic carbocycles. The van der Waals surface area contributed by atoms with Crippen LogP contribution in [-0.4, -0.2) is 37.6 Å². The summed E-state index contributed by atoms with van der Waals surface area (Å²) in [6, 6.07) is 15.5. The van der Waals surface area contributed by atoms with E-state index in [2.05, 4.69) is 10.0 Å². The number of carbonyl (C=O) groups excluding carboxylic acids is 3. The third-order valence-corrected chi connectivity index (χ3v) is 6.61. The number of rotatable bonds is 7. The minimum atomic E-state index is -3.95. The number of anilines is 2. The number of nitrogens with one attached hydrogen (secondary N) is 2. The molecule has 3 aromatic rings. The van der Waals surface area contributed by atoms with Crippen LogP contribution in [0.25, 0.3) is 0 Å². The molecule has 3 aromatic carbocycles. The van der Waals surface area contributed by atoms with Gasteiger partial charge < -0.3 is 5.32 Å². The van der Waals surface area contributed by atoms with Crippen molar-refractivity contribution in [3.05, 3.63) is 89.2 Å². The molecule has 0 saturated carbocycles. The Kier molecular flexibility index (Phi) is 6.16. The molecule has 3 amide bonds. The van der Waals surface area contributed by atoms with Crippen molar-refractivity contribution in [2.75, 3.05) is 16.6 Å².